The lowest BCUT2D eigenvalue weighted by Gasteiger charge is -2.16. The first-order valence-electron chi connectivity index (χ1n) is 6.24. The van der Waals surface area contributed by atoms with Crippen LogP contribution in [-0.2, 0) is 5.60 Å². The molecule has 0 amide bonds. The fraction of sp³-hybridized carbons (Fsp3) is 0.571. The van der Waals surface area contributed by atoms with Gasteiger partial charge in [0, 0.05) is 10.6 Å². The van der Waals surface area contributed by atoms with E-state index in [1.807, 2.05) is 12.1 Å². The molecule has 3 heteroatoms. The third kappa shape index (κ3) is 1.58. The maximum atomic E-state index is 10.9. The van der Waals surface area contributed by atoms with Crippen LogP contribution in [0.3, 0.4) is 0 Å². The SMILES string of the molecule is COc1ccc(Cl)cc1C1(O)C2CCCCC21. The largest absolute Gasteiger partial charge is 0.496 e. The summed E-state index contributed by atoms with van der Waals surface area (Å²) in [6.45, 7) is 0. The van der Waals surface area contributed by atoms with Gasteiger partial charge in [-0.1, -0.05) is 24.4 Å². The molecule has 17 heavy (non-hydrogen) atoms. The van der Waals surface area contributed by atoms with Gasteiger partial charge in [0.2, 0.25) is 0 Å². The highest BCUT2D eigenvalue weighted by atomic mass is 35.5. The molecule has 2 unspecified atom stereocenters. The number of hydrogen-bond acceptors (Lipinski definition) is 2. The number of benzene rings is 1. The number of fused-ring (bicyclic) bond motifs is 1. The summed E-state index contributed by atoms with van der Waals surface area (Å²) in [5.74, 6) is 1.57. The predicted molar refractivity (Wildman–Crippen MR) is 67.3 cm³/mol. The van der Waals surface area contributed by atoms with E-state index >= 15 is 0 Å². The summed E-state index contributed by atoms with van der Waals surface area (Å²) in [4.78, 5) is 0. The maximum Gasteiger partial charge on any atom is 0.125 e. The number of aliphatic hydroxyl groups is 1. The second kappa shape index (κ2) is 3.89. The van der Waals surface area contributed by atoms with Crippen LogP contribution in [0.15, 0.2) is 18.2 Å². The van der Waals surface area contributed by atoms with Gasteiger partial charge in [-0.2, -0.15) is 0 Å². The Morgan fingerprint density at radius 1 is 1.29 bits per heavy atom. The van der Waals surface area contributed by atoms with Crippen LogP contribution in [0.4, 0.5) is 0 Å². The minimum atomic E-state index is -0.688. The van der Waals surface area contributed by atoms with Crippen molar-refractivity contribution in [1.82, 2.24) is 0 Å². The standard InChI is InChI=1S/C14H17ClO2/c1-17-13-7-6-9(15)8-12(13)14(16)10-4-2-3-5-11(10)14/h6-8,10-11,16H,2-5H2,1H3. The molecule has 2 nitrogen and oxygen atoms in total. The van der Waals surface area contributed by atoms with E-state index in [4.69, 9.17) is 16.3 Å². The summed E-state index contributed by atoms with van der Waals surface area (Å²) in [6, 6.07) is 5.51. The molecule has 0 saturated heterocycles. The van der Waals surface area contributed by atoms with E-state index in [2.05, 4.69) is 0 Å². The van der Waals surface area contributed by atoms with E-state index in [0.29, 0.717) is 16.9 Å². The highest BCUT2D eigenvalue weighted by Crippen LogP contribution is 2.65. The van der Waals surface area contributed by atoms with Crippen molar-refractivity contribution in [3.8, 4) is 5.75 Å². The predicted octanol–water partition coefficient (Wildman–Crippen LogP) is 3.36. The third-order valence-corrected chi connectivity index (χ3v) is 4.62. The average Bonchev–Trinajstić information content (AvgIpc) is 2.97. The van der Waals surface area contributed by atoms with E-state index in [0.717, 1.165) is 24.2 Å². The Labute approximate surface area is 107 Å². The molecule has 92 valence electrons. The third-order valence-electron chi connectivity index (χ3n) is 4.38. The molecule has 2 aliphatic rings. The summed E-state index contributed by atoms with van der Waals surface area (Å²) < 4.78 is 5.35. The lowest BCUT2D eigenvalue weighted by Crippen LogP contribution is -2.12. The zero-order chi connectivity index (χ0) is 12.0. The van der Waals surface area contributed by atoms with Crippen molar-refractivity contribution in [2.24, 2.45) is 11.8 Å². The lowest BCUT2D eigenvalue weighted by molar-refractivity contribution is 0.114. The first-order valence-corrected chi connectivity index (χ1v) is 6.62. The van der Waals surface area contributed by atoms with Crippen LogP contribution in [-0.4, -0.2) is 12.2 Å². The van der Waals surface area contributed by atoms with Gasteiger partial charge in [-0.05, 0) is 42.9 Å². The maximum absolute atomic E-state index is 10.9. The number of hydrogen-bond donors (Lipinski definition) is 1. The molecule has 0 radical (unpaired) electrons. The molecule has 0 aromatic heterocycles. The smallest absolute Gasteiger partial charge is 0.125 e. The Morgan fingerprint density at radius 3 is 2.53 bits per heavy atom. The molecule has 0 heterocycles. The van der Waals surface area contributed by atoms with Crippen molar-refractivity contribution in [3.63, 3.8) is 0 Å². The Hall–Kier alpha value is -0.730. The molecule has 0 bridgehead atoms. The topological polar surface area (TPSA) is 29.5 Å². The van der Waals surface area contributed by atoms with Crippen molar-refractivity contribution < 1.29 is 9.84 Å². The number of halogens is 1. The van der Waals surface area contributed by atoms with Gasteiger partial charge >= 0.3 is 0 Å². The number of methoxy groups -OCH3 is 1. The zero-order valence-corrected chi connectivity index (χ0v) is 10.7. The van der Waals surface area contributed by atoms with Gasteiger partial charge in [-0.3, -0.25) is 0 Å². The monoisotopic (exact) mass is 252 g/mol. The molecule has 1 aromatic carbocycles. The molecule has 2 atom stereocenters. The van der Waals surface area contributed by atoms with E-state index in [-0.39, 0.29) is 0 Å². The number of rotatable bonds is 2. The van der Waals surface area contributed by atoms with Crippen molar-refractivity contribution in [2.75, 3.05) is 7.11 Å². The van der Waals surface area contributed by atoms with E-state index in [9.17, 15) is 5.11 Å². The minimum Gasteiger partial charge on any atom is -0.496 e. The summed E-state index contributed by atoms with van der Waals surface area (Å²) in [6.07, 6.45) is 4.70. The molecule has 0 aliphatic heterocycles. The Kier molecular flexibility index (Phi) is 2.60. The first kappa shape index (κ1) is 11.4. The molecular weight excluding hydrogens is 236 g/mol. The van der Waals surface area contributed by atoms with Crippen LogP contribution in [0.1, 0.15) is 31.2 Å². The second-order valence-corrected chi connectivity index (χ2v) is 5.60. The van der Waals surface area contributed by atoms with Gasteiger partial charge < -0.3 is 9.84 Å². The van der Waals surface area contributed by atoms with Crippen molar-refractivity contribution in [3.05, 3.63) is 28.8 Å². The summed E-state index contributed by atoms with van der Waals surface area (Å²) in [5.41, 5.74) is 0.191. The fourth-order valence-corrected chi connectivity index (χ4v) is 3.66. The van der Waals surface area contributed by atoms with Gasteiger partial charge in [-0.25, -0.2) is 0 Å². The van der Waals surface area contributed by atoms with Crippen molar-refractivity contribution in [1.29, 1.82) is 0 Å². The highest BCUT2D eigenvalue weighted by molar-refractivity contribution is 6.30. The lowest BCUT2D eigenvalue weighted by atomic mass is 10.0. The van der Waals surface area contributed by atoms with Crippen molar-refractivity contribution in [2.45, 2.75) is 31.3 Å². The van der Waals surface area contributed by atoms with Crippen LogP contribution in [0.5, 0.6) is 5.75 Å². The molecule has 2 fully saturated rings. The minimum absolute atomic E-state index is 0.406. The molecule has 2 aliphatic carbocycles. The van der Waals surface area contributed by atoms with E-state index < -0.39 is 5.60 Å². The molecular formula is C14H17ClO2. The summed E-state index contributed by atoms with van der Waals surface area (Å²) in [7, 11) is 1.64. The Morgan fingerprint density at radius 2 is 1.94 bits per heavy atom. The highest BCUT2D eigenvalue weighted by Gasteiger charge is 2.65. The van der Waals surface area contributed by atoms with Gasteiger partial charge in [0.1, 0.15) is 5.75 Å². The van der Waals surface area contributed by atoms with Crippen LogP contribution < -0.4 is 4.74 Å². The molecule has 1 N–H and O–H groups in total. The second-order valence-electron chi connectivity index (χ2n) is 5.17. The quantitative estimate of drug-likeness (QED) is 0.875. The zero-order valence-electron chi connectivity index (χ0n) is 9.95. The molecule has 3 rings (SSSR count). The Bertz CT molecular complexity index is 432. The normalized spacial score (nSPS) is 35.2. The van der Waals surface area contributed by atoms with Gasteiger partial charge in [0.15, 0.2) is 0 Å². The molecule has 1 aromatic rings. The van der Waals surface area contributed by atoms with Gasteiger partial charge in [0.05, 0.1) is 12.7 Å². The van der Waals surface area contributed by atoms with Crippen LogP contribution in [0.2, 0.25) is 5.02 Å². The summed E-state index contributed by atoms with van der Waals surface area (Å²) in [5, 5.41) is 11.5. The fourth-order valence-electron chi connectivity index (χ4n) is 3.49. The average molecular weight is 253 g/mol. The molecule has 0 spiro atoms. The number of ether oxygens (including phenoxy) is 1. The van der Waals surface area contributed by atoms with Crippen LogP contribution in [0, 0.1) is 11.8 Å². The van der Waals surface area contributed by atoms with E-state index in [1.165, 1.54) is 12.8 Å². The summed E-state index contributed by atoms with van der Waals surface area (Å²) >= 11 is 6.04. The van der Waals surface area contributed by atoms with E-state index in [1.54, 1.807) is 13.2 Å². The Balaban J connectivity index is 2.01. The molecule has 2 saturated carbocycles. The van der Waals surface area contributed by atoms with Gasteiger partial charge in [-0.15, -0.1) is 0 Å². The van der Waals surface area contributed by atoms with Crippen LogP contribution in [0.25, 0.3) is 0 Å². The first-order chi connectivity index (χ1) is 8.17. The van der Waals surface area contributed by atoms with Crippen molar-refractivity contribution >= 4 is 11.6 Å². The van der Waals surface area contributed by atoms with Gasteiger partial charge in [0.25, 0.3) is 0 Å². The van der Waals surface area contributed by atoms with Crippen LogP contribution >= 0.6 is 11.6 Å².